The first-order chi connectivity index (χ1) is 21.8. The van der Waals surface area contributed by atoms with Gasteiger partial charge in [-0.3, -0.25) is 9.59 Å². The Kier molecular flexibility index (Phi) is 11.1. The molecule has 1 aliphatic heterocycles. The maximum atomic E-state index is 13.4. The molecule has 2 heterocycles. The van der Waals surface area contributed by atoms with Crippen LogP contribution in [0.2, 0.25) is 0 Å². The third-order valence-corrected chi connectivity index (χ3v) is 7.38. The van der Waals surface area contributed by atoms with Gasteiger partial charge in [0.1, 0.15) is 12.3 Å². The van der Waals surface area contributed by atoms with E-state index in [0.29, 0.717) is 22.5 Å². The molecule has 4 rings (SSSR count). The van der Waals surface area contributed by atoms with Crippen LogP contribution in [0.15, 0.2) is 66.9 Å². The number of carboxylic acid groups (broad SMARTS) is 1. The Balaban J connectivity index is 1.46. The van der Waals surface area contributed by atoms with Gasteiger partial charge in [-0.05, 0) is 59.4 Å². The molecule has 46 heavy (non-hydrogen) atoms. The fourth-order valence-electron chi connectivity index (χ4n) is 5.11. The zero-order valence-corrected chi connectivity index (χ0v) is 25.5. The topological polar surface area (TPSA) is 123 Å². The van der Waals surface area contributed by atoms with E-state index in [1.807, 2.05) is 13.8 Å². The largest absolute Gasteiger partial charge is 0.711 e. The molecule has 2 aromatic carbocycles. The second-order valence-electron chi connectivity index (χ2n) is 11.5. The summed E-state index contributed by atoms with van der Waals surface area (Å²) in [6.07, 6.45) is -3.71. The minimum atomic E-state index is -4.49. The van der Waals surface area contributed by atoms with Crippen LogP contribution in [-0.2, 0) is 40.0 Å². The van der Waals surface area contributed by atoms with Gasteiger partial charge in [-0.15, -0.1) is 0 Å². The average molecular weight is 644 g/mol. The smallest absolute Gasteiger partial charge is 0.507 e. The molecular weight excluding hydrogens is 607 g/mol. The van der Waals surface area contributed by atoms with Crippen molar-refractivity contribution in [2.24, 2.45) is 11.8 Å². The molecule has 0 saturated carbocycles. The summed E-state index contributed by atoms with van der Waals surface area (Å²) in [5, 5.41) is 21.8. The first-order valence-electron chi connectivity index (χ1n) is 14.9. The van der Waals surface area contributed by atoms with Gasteiger partial charge in [0.25, 0.3) is 5.82 Å². The number of fused-ring (bicyclic) bond motifs is 1. The van der Waals surface area contributed by atoms with Crippen LogP contribution in [0.25, 0.3) is 0 Å². The number of alkyl halides is 3. The number of carbonyl (C=O) groups excluding carboxylic acids is 2. The molecule has 1 atom stereocenters. The highest BCUT2D eigenvalue weighted by molar-refractivity contribution is 5.85. The number of amides is 2. The fraction of sp³-hybridized carbons (Fsp3) is 0.394. The van der Waals surface area contributed by atoms with Crippen molar-refractivity contribution in [3.63, 3.8) is 0 Å². The van der Waals surface area contributed by atoms with Crippen LogP contribution < -0.4 is 14.4 Å². The summed E-state index contributed by atoms with van der Waals surface area (Å²) in [4.78, 5) is 40.4. The number of hydrogen-bond acceptors (Lipinski definition) is 6. The van der Waals surface area contributed by atoms with Gasteiger partial charge in [0.05, 0.1) is 37.3 Å². The highest BCUT2D eigenvalue weighted by Crippen LogP contribution is 2.31. The molecule has 1 N–H and O–H groups in total. The van der Waals surface area contributed by atoms with E-state index < -0.39 is 35.6 Å². The standard InChI is InChI=1S/C33H36F3N3O7/c1-22(2)21-46-32(43)38(29-6-3-4-14-39(29)44)13-5-15-45-28-12-9-24-16-25(18-30(40)41)31(42)37(20-26(24)17-28)19-23-7-10-27(11-8-23)33(34,35)36/h3-4,6-12,14,17,22,25H,5,13,15-16,18-21H2,1-2H3,(H,40,41). The second-order valence-corrected chi connectivity index (χ2v) is 11.5. The number of halogens is 3. The lowest BCUT2D eigenvalue weighted by molar-refractivity contribution is -0.591. The number of pyridine rings is 1. The minimum Gasteiger partial charge on any atom is -0.711 e. The first kappa shape index (κ1) is 34.1. The maximum Gasteiger partial charge on any atom is 0.507 e. The Hall–Kier alpha value is -4.81. The van der Waals surface area contributed by atoms with Crippen LogP contribution in [-0.4, -0.2) is 47.7 Å². The molecule has 10 nitrogen and oxygen atoms in total. The number of carboxylic acids is 1. The van der Waals surface area contributed by atoms with Crippen molar-refractivity contribution >= 4 is 23.8 Å². The van der Waals surface area contributed by atoms with Crippen molar-refractivity contribution in [2.75, 3.05) is 24.7 Å². The molecule has 1 unspecified atom stereocenters. The van der Waals surface area contributed by atoms with Gasteiger partial charge in [-0.2, -0.15) is 22.9 Å². The molecule has 13 heteroatoms. The van der Waals surface area contributed by atoms with Crippen molar-refractivity contribution in [2.45, 2.75) is 52.4 Å². The van der Waals surface area contributed by atoms with Gasteiger partial charge in [0, 0.05) is 25.6 Å². The Morgan fingerprint density at radius 1 is 1.11 bits per heavy atom. The van der Waals surface area contributed by atoms with E-state index in [-0.39, 0.29) is 57.4 Å². The number of aromatic nitrogens is 1. The molecular formula is C33H36F3N3O7. The monoisotopic (exact) mass is 643 g/mol. The normalized spacial score (nSPS) is 14.9. The van der Waals surface area contributed by atoms with Crippen LogP contribution in [0.1, 0.15) is 48.9 Å². The van der Waals surface area contributed by atoms with Gasteiger partial charge < -0.3 is 24.7 Å². The lowest BCUT2D eigenvalue weighted by atomic mass is 9.94. The zero-order chi connectivity index (χ0) is 33.4. The summed E-state index contributed by atoms with van der Waals surface area (Å²) in [6.45, 7) is 4.42. The zero-order valence-electron chi connectivity index (χ0n) is 25.5. The molecule has 1 aromatic heterocycles. The molecule has 0 aliphatic carbocycles. The van der Waals surface area contributed by atoms with Gasteiger partial charge in [0.2, 0.25) is 5.91 Å². The third-order valence-electron chi connectivity index (χ3n) is 7.38. The molecule has 0 radical (unpaired) electrons. The SMILES string of the molecule is CC(C)COC(=O)N(CCCOc1ccc2c(c1)CN(Cc1ccc(C(F)(F)F)cc1)C(=O)C(CC(=O)O)C2)c1cccc[n+]1[O-]. The van der Waals surface area contributed by atoms with Crippen LogP contribution in [0.4, 0.5) is 23.8 Å². The number of nitrogens with zero attached hydrogens (tertiary/aromatic N) is 3. The lowest BCUT2D eigenvalue weighted by Gasteiger charge is -2.24. The van der Waals surface area contributed by atoms with Gasteiger partial charge in [-0.1, -0.05) is 38.1 Å². The molecule has 3 aromatic rings. The summed E-state index contributed by atoms with van der Waals surface area (Å²) < 4.78 is 51.0. The van der Waals surface area contributed by atoms with Crippen molar-refractivity contribution in [3.05, 3.63) is 94.3 Å². The van der Waals surface area contributed by atoms with Crippen molar-refractivity contribution in [3.8, 4) is 5.75 Å². The summed E-state index contributed by atoms with van der Waals surface area (Å²) in [7, 11) is 0. The van der Waals surface area contributed by atoms with Gasteiger partial charge >= 0.3 is 18.2 Å². The summed E-state index contributed by atoms with van der Waals surface area (Å²) in [6, 6.07) is 14.5. The third kappa shape index (κ3) is 9.11. The average Bonchev–Trinajstić information content (AvgIpc) is 3.11. The summed E-state index contributed by atoms with van der Waals surface area (Å²) >= 11 is 0. The fourth-order valence-corrected chi connectivity index (χ4v) is 5.11. The first-order valence-corrected chi connectivity index (χ1v) is 14.9. The van der Waals surface area contributed by atoms with E-state index in [1.54, 1.807) is 30.3 Å². The molecule has 246 valence electrons. The van der Waals surface area contributed by atoms with E-state index in [1.165, 1.54) is 34.2 Å². The van der Waals surface area contributed by atoms with E-state index in [4.69, 9.17) is 9.47 Å². The minimum absolute atomic E-state index is 0.000438. The van der Waals surface area contributed by atoms with Crippen LogP contribution in [0, 0.1) is 17.0 Å². The predicted octanol–water partition coefficient (Wildman–Crippen LogP) is 5.58. The predicted molar refractivity (Wildman–Crippen MR) is 161 cm³/mol. The summed E-state index contributed by atoms with van der Waals surface area (Å²) in [5.74, 6) is -1.67. The van der Waals surface area contributed by atoms with Gasteiger partial charge in [-0.25, -0.2) is 4.73 Å². The highest BCUT2D eigenvalue weighted by Gasteiger charge is 2.33. The van der Waals surface area contributed by atoms with Crippen molar-refractivity contribution in [1.82, 2.24) is 4.90 Å². The number of aliphatic carboxylic acids is 1. The van der Waals surface area contributed by atoms with E-state index in [2.05, 4.69) is 0 Å². The lowest BCUT2D eigenvalue weighted by Crippen LogP contribution is -2.42. The molecule has 0 spiro atoms. The number of carbonyl (C=O) groups is 3. The number of ether oxygens (including phenoxy) is 2. The molecule has 0 saturated heterocycles. The number of rotatable bonds is 12. The number of benzene rings is 2. The van der Waals surface area contributed by atoms with E-state index in [0.717, 1.165) is 23.3 Å². The van der Waals surface area contributed by atoms with Crippen molar-refractivity contribution in [1.29, 1.82) is 0 Å². The second kappa shape index (κ2) is 15.0. The highest BCUT2D eigenvalue weighted by atomic mass is 19.4. The van der Waals surface area contributed by atoms with Crippen molar-refractivity contribution < 1.29 is 46.9 Å². The summed E-state index contributed by atoms with van der Waals surface area (Å²) in [5.41, 5.74) is 1.16. The Bertz CT molecular complexity index is 1530. The molecule has 0 fully saturated rings. The molecule has 2 amide bonds. The van der Waals surface area contributed by atoms with Crippen LogP contribution in [0.5, 0.6) is 5.75 Å². The maximum absolute atomic E-state index is 13.4. The quantitative estimate of drug-likeness (QED) is 0.155. The van der Waals surface area contributed by atoms with Crippen LogP contribution in [0.3, 0.4) is 0 Å². The van der Waals surface area contributed by atoms with E-state index >= 15 is 0 Å². The Morgan fingerprint density at radius 3 is 2.50 bits per heavy atom. The number of hydrogen-bond donors (Lipinski definition) is 1. The Labute approximate surface area is 264 Å². The molecule has 0 bridgehead atoms. The number of anilines is 1. The molecule has 1 aliphatic rings. The van der Waals surface area contributed by atoms with Crippen LogP contribution >= 0.6 is 0 Å². The Morgan fingerprint density at radius 2 is 1.85 bits per heavy atom. The van der Waals surface area contributed by atoms with Gasteiger partial charge in [0.15, 0.2) is 0 Å². The van der Waals surface area contributed by atoms with E-state index in [9.17, 15) is 37.9 Å².